The van der Waals surface area contributed by atoms with Gasteiger partial charge in [0.25, 0.3) is 0 Å². The van der Waals surface area contributed by atoms with Crippen molar-refractivity contribution in [3.63, 3.8) is 0 Å². The standard InChI is InChI=1S/C51H86O6/c1-4-7-10-13-16-19-21-23-24-25-26-27-28-30-32-35-38-41-44-50(53)56-47-48(46-55-49(52)43-40-37-34-31-18-15-12-9-6-3)57-51(54)45-42-39-36-33-29-22-20-17-14-11-8-5-2/h9,12,17-18,20,24-27,31,37,40,48H,4-8,10-11,13-16,19,21-23,28-30,32-36,38-39,41-47H2,1-3H3/b12-9-,20-17-,25-24-,27-26-,31-18-,40-37-. The predicted molar refractivity (Wildman–Crippen MR) is 242 cm³/mol. The summed E-state index contributed by atoms with van der Waals surface area (Å²) < 4.78 is 16.6. The Morgan fingerprint density at radius 2 is 0.807 bits per heavy atom. The summed E-state index contributed by atoms with van der Waals surface area (Å²) in [5, 5.41) is 0. The molecule has 0 aliphatic heterocycles. The van der Waals surface area contributed by atoms with Crippen LogP contribution in [0.2, 0.25) is 0 Å². The van der Waals surface area contributed by atoms with E-state index in [0.717, 1.165) is 89.9 Å². The Hall–Kier alpha value is -3.15. The average Bonchev–Trinajstić information content (AvgIpc) is 3.21. The average molecular weight is 795 g/mol. The molecule has 0 bridgehead atoms. The molecule has 0 amide bonds. The topological polar surface area (TPSA) is 78.9 Å². The molecule has 0 fully saturated rings. The van der Waals surface area contributed by atoms with Gasteiger partial charge in [-0.25, -0.2) is 0 Å². The summed E-state index contributed by atoms with van der Waals surface area (Å²) in [6.45, 7) is 6.36. The lowest BCUT2D eigenvalue weighted by Crippen LogP contribution is -2.30. The number of ether oxygens (including phenoxy) is 3. The molecule has 0 heterocycles. The summed E-state index contributed by atoms with van der Waals surface area (Å²) in [5.74, 6) is -1.07. The molecule has 0 aromatic carbocycles. The molecule has 0 radical (unpaired) electrons. The molecule has 1 atom stereocenters. The summed E-state index contributed by atoms with van der Waals surface area (Å²) in [5.41, 5.74) is 0. The number of unbranched alkanes of at least 4 members (excludes halogenated alkanes) is 20. The lowest BCUT2D eigenvalue weighted by atomic mass is 10.1. The maximum atomic E-state index is 12.7. The number of hydrogen-bond acceptors (Lipinski definition) is 6. The SMILES string of the molecule is CC/C=C\C/C=C\C/C=C\CC(=O)OCC(COC(=O)CCCCCCC/C=C\C=C/CCCCCCCCC)OC(=O)CCCCCCC/C=C\CCCCC. The van der Waals surface area contributed by atoms with Crippen molar-refractivity contribution >= 4 is 17.9 Å². The van der Waals surface area contributed by atoms with Crippen molar-refractivity contribution in [3.05, 3.63) is 72.9 Å². The molecule has 6 nitrogen and oxygen atoms in total. The van der Waals surface area contributed by atoms with Gasteiger partial charge in [0.1, 0.15) is 13.2 Å². The van der Waals surface area contributed by atoms with Crippen molar-refractivity contribution in [2.45, 2.75) is 219 Å². The van der Waals surface area contributed by atoms with E-state index >= 15 is 0 Å². The molecule has 0 aromatic rings. The quantitative estimate of drug-likeness (QED) is 0.0202. The molecule has 0 saturated heterocycles. The van der Waals surface area contributed by atoms with Crippen LogP contribution in [0.1, 0.15) is 213 Å². The Morgan fingerprint density at radius 3 is 1.35 bits per heavy atom. The van der Waals surface area contributed by atoms with Crippen LogP contribution in [0, 0.1) is 0 Å². The molecular formula is C51H86O6. The molecule has 0 N–H and O–H groups in total. The Balaban J connectivity index is 4.42. The highest BCUT2D eigenvalue weighted by molar-refractivity contribution is 5.72. The lowest BCUT2D eigenvalue weighted by Gasteiger charge is -2.18. The minimum atomic E-state index is -0.819. The van der Waals surface area contributed by atoms with Crippen LogP contribution >= 0.6 is 0 Å². The Labute approximate surface area is 351 Å². The summed E-state index contributed by atoms with van der Waals surface area (Å²) in [7, 11) is 0. The van der Waals surface area contributed by atoms with Crippen LogP contribution in [-0.2, 0) is 28.6 Å². The van der Waals surface area contributed by atoms with Gasteiger partial charge in [-0.2, -0.15) is 0 Å². The van der Waals surface area contributed by atoms with Crippen molar-refractivity contribution in [3.8, 4) is 0 Å². The number of hydrogen-bond donors (Lipinski definition) is 0. The van der Waals surface area contributed by atoms with E-state index in [0.29, 0.717) is 12.8 Å². The zero-order chi connectivity index (χ0) is 41.5. The third-order valence-corrected chi connectivity index (χ3v) is 9.73. The third kappa shape index (κ3) is 43.8. The highest BCUT2D eigenvalue weighted by Gasteiger charge is 2.19. The first kappa shape index (κ1) is 53.9. The summed E-state index contributed by atoms with van der Waals surface area (Å²) in [6.07, 6.45) is 56.4. The first-order chi connectivity index (χ1) is 28.0. The molecule has 0 aliphatic rings. The molecular weight excluding hydrogens is 709 g/mol. The van der Waals surface area contributed by atoms with Gasteiger partial charge in [-0.1, -0.05) is 184 Å². The summed E-state index contributed by atoms with van der Waals surface area (Å²) in [4.78, 5) is 37.6. The largest absolute Gasteiger partial charge is 0.462 e. The minimum absolute atomic E-state index is 0.114. The highest BCUT2D eigenvalue weighted by atomic mass is 16.6. The van der Waals surface area contributed by atoms with Crippen LogP contribution in [0.3, 0.4) is 0 Å². The van der Waals surface area contributed by atoms with E-state index in [2.05, 4.69) is 81.5 Å². The minimum Gasteiger partial charge on any atom is -0.462 e. The van der Waals surface area contributed by atoms with Crippen LogP contribution in [0.4, 0.5) is 0 Å². The monoisotopic (exact) mass is 795 g/mol. The fraction of sp³-hybridized carbons (Fsp3) is 0.706. The number of esters is 3. The first-order valence-corrected chi connectivity index (χ1v) is 23.5. The van der Waals surface area contributed by atoms with Crippen molar-refractivity contribution in [1.82, 2.24) is 0 Å². The molecule has 326 valence electrons. The molecule has 1 unspecified atom stereocenters. The van der Waals surface area contributed by atoms with Gasteiger partial charge in [0.05, 0.1) is 6.42 Å². The number of carbonyl (C=O) groups excluding carboxylic acids is 3. The van der Waals surface area contributed by atoms with E-state index in [4.69, 9.17) is 14.2 Å². The van der Waals surface area contributed by atoms with Gasteiger partial charge < -0.3 is 14.2 Å². The molecule has 0 rings (SSSR count). The van der Waals surface area contributed by atoms with Crippen LogP contribution < -0.4 is 0 Å². The molecule has 57 heavy (non-hydrogen) atoms. The van der Waals surface area contributed by atoms with Crippen molar-refractivity contribution < 1.29 is 28.6 Å². The van der Waals surface area contributed by atoms with E-state index < -0.39 is 12.1 Å². The molecule has 6 heteroatoms. The summed E-state index contributed by atoms with van der Waals surface area (Å²) >= 11 is 0. The third-order valence-electron chi connectivity index (χ3n) is 9.73. The van der Waals surface area contributed by atoms with Crippen LogP contribution in [0.5, 0.6) is 0 Å². The zero-order valence-corrected chi connectivity index (χ0v) is 37.1. The number of rotatable bonds is 41. The second kappa shape index (κ2) is 45.6. The molecule has 0 spiro atoms. The Kier molecular flexibility index (Phi) is 43.0. The van der Waals surface area contributed by atoms with Crippen LogP contribution in [-0.4, -0.2) is 37.2 Å². The lowest BCUT2D eigenvalue weighted by molar-refractivity contribution is -0.166. The molecule has 0 aliphatic carbocycles. The van der Waals surface area contributed by atoms with E-state index in [9.17, 15) is 14.4 Å². The van der Waals surface area contributed by atoms with Gasteiger partial charge >= 0.3 is 17.9 Å². The maximum absolute atomic E-state index is 12.7. The van der Waals surface area contributed by atoms with E-state index in [1.165, 1.54) is 83.5 Å². The van der Waals surface area contributed by atoms with Gasteiger partial charge in [-0.3, -0.25) is 14.4 Å². The van der Waals surface area contributed by atoms with Crippen LogP contribution in [0.15, 0.2) is 72.9 Å². The fourth-order valence-electron chi connectivity index (χ4n) is 6.19. The van der Waals surface area contributed by atoms with Gasteiger partial charge in [0.15, 0.2) is 6.10 Å². The van der Waals surface area contributed by atoms with Gasteiger partial charge in [-0.15, -0.1) is 0 Å². The fourth-order valence-corrected chi connectivity index (χ4v) is 6.19. The maximum Gasteiger partial charge on any atom is 0.309 e. The van der Waals surface area contributed by atoms with Crippen molar-refractivity contribution in [2.75, 3.05) is 13.2 Å². The molecule has 0 aromatic heterocycles. The first-order valence-electron chi connectivity index (χ1n) is 23.5. The predicted octanol–water partition coefficient (Wildman–Crippen LogP) is 15.1. The van der Waals surface area contributed by atoms with Crippen molar-refractivity contribution in [1.29, 1.82) is 0 Å². The smallest absolute Gasteiger partial charge is 0.309 e. The van der Waals surface area contributed by atoms with E-state index in [-0.39, 0.29) is 31.6 Å². The molecule has 0 saturated carbocycles. The van der Waals surface area contributed by atoms with Crippen LogP contribution in [0.25, 0.3) is 0 Å². The Morgan fingerprint density at radius 1 is 0.404 bits per heavy atom. The zero-order valence-electron chi connectivity index (χ0n) is 37.1. The van der Waals surface area contributed by atoms with Gasteiger partial charge in [0, 0.05) is 12.8 Å². The Bertz CT molecular complexity index is 1100. The van der Waals surface area contributed by atoms with E-state index in [1.54, 1.807) is 6.08 Å². The van der Waals surface area contributed by atoms with Gasteiger partial charge in [-0.05, 0) is 83.5 Å². The van der Waals surface area contributed by atoms with E-state index in [1.807, 2.05) is 6.08 Å². The number of carbonyl (C=O) groups is 3. The summed E-state index contributed by atoms with van der Waals surface area (Å²) in [6, 6.07) is 0. The van der Waals surface area contributed by atoms with Crippen molar-refractivity contribution in [2.24, 2.45) is 0 Å². The normalized spacial score (nSPS) is 12.7. The second-order valence-corrected chi connectivity index (χ2v) is 15.3. The second-order valence-electron chi connectivity index (χ2n) is 15.3. The van der Waals surface area contributed by atoms with Gasteiger partial charge in [0.2, 0.25) is 0 Å². The highest BCUT2D eigenvalue weighted by Crippen LogP contribution is 2.13. The number of allylic oxidation sites excluding steroid dienone is 11.